The Morgan fingerprint density at radius 1 is 1.18 bits per heavy atom. The number of fused-ring (bicyclic) bond motifs is 1. The van der Waals surface area contributed by atoms with Crippen LogP contribution in [0.5, 0.6) is 5.75 Å². The minimum atomic E-state index is -0.102. The minimum absolute atomic E-state index is 0.102. The fourth-order valence-corrected chi connectivity index (χ4v) is 4.42. The molecule has 0 saturated carbocycles. The number of benzene rings is 2. The molecule has 112 valence electrons. The van der Waals surface area contributed by atoms with Crippen molar-refractivity contribution < 1.29 is 14.3 Å². The standard InChI is InChI=1S/C16H9BrI2O3/c1-7-14(10-3-2-9(17)6-13(10)22-7)15(20)8-4-11(18)16(21)12(19)5-8/h2-6,21H,1H3. The summed E-state index contributed by atoms with van der Waals surface area (Å²) >= 11 is 7.44. The molecule has 1 N–H and O–H groups in total. The van der Waals surface area contributed by atoms with E-state index in [-0.39, 0.29) is 11.5 Å². The molecule has 0 atom stereocenters. The normalized spacial score (nSPS) is 11.1. The maximum atomic E-state index is 12.9. The number of halogens is 3. The molecule has 2 aromatic carbocycles. The van der Waals surface area contributed by atoms with Crippen LogP contribution >= 0.6 is 61.1 Å². The van der Waals surface area contributed by atoms with E-state index in [2.05, 4.69) is 15.9 Å². The summed E-state index contributed by atoms with van der Waals surface area (Å²) in [5, 5.41) is 10.6. The summed E-state index contributed by atoms with van der Waals surface area (Å²) in [5.41, 5.74) is 1.79. The molecule has 1 aromatic heterocycles. The molecule has 0 unspecified atom stereocenters. The van der Waals surface area contributed by atoms with Crippen molar-refractivity contribution in [3.63, 3.8) is 0 Å². The second kappa shape index (κ2) is 6.12. The fourth-order valence-electron chi connectivity index (χ4n) is 2.32. The van der Waals surface area contributed by atoms with E-state index >= 15 is 0 Å². The lowest BCUT2D eigenvalue weighted by Gasteiger charge is -2.05. The molecule has 0 radical (unpaired) electrons. The number of hydrogen-bond donors (Lipinski definition) is 1. The first-order valence-corrected chi connectivity index (χ1v) is 9.25. The third kappa shape index (κ3) is 2.80. The summed E-state index contributed by atoms with van der Waals surface area (Å²) < 4.78 is 7.91. The molecule has 0 fully saturated rings. The van der Waals surface area contributed by atoms with E-state index in [0.717, 1.165) is 9.86 Å². The predicted molar refractivity (Wildman–Crippen MR) is 106 cm³/mol. The number of aromatic hydroxyl groups is 1. The van der Waals surface area contributed by atoms with Crippen LogP contribution in [0.4, 0.5) is 0 Å². The highest BCUT2D eigenvalue weighted by Crippen LogP contribution is 2.32. The quantitative estimate of drug-likeness (QED) is 0.314. The molecular weight excluding hydrogens is 574 g/mol. The summed E-state index contributed by atoms with van der Waals surface area (Å²) in [6.45, 7) is 1.79. The maximum Gasteiger partial charge on any atom is 0.197 e. The minimum Gasteiger partial charge on any atom is -0.506 e. The monoisotopic (exact) mass is 582 g/mol. The van der Waals surface area contributed by atoms with E-state index in [1.807, 2.05) is 63.4 Å². The highest BCUT2D eigenvalue weighted by molar-refractivity contribution is 14.1. The molecule has 1 heterocycles. The molecule has 3 rings (SSSR count). The van der Waals surface area contributed by atoms with Crippen molar-refractivity contribution in [2.24, 2.45) is 0 Å². The molecule has 3 aromatic rings. The first-order chi connectivity index (χ1) is 10.4. The number of phenols is 1. The van der Waals surface area contributed by atoms with E-state index in [1.54, 1.807) is 19.1 Å². The Kier molecular flexibility index (Phi) is 4.52. The largest absolute Gasteiger partial charge is 0.506 e. The molecule has 0 spiro atoms. The van der Waals surface area contributed by atoms with Gasteiger partial charge in [0.2, 0.25) is 0 Å². The second-order valence-corrected chi connectivity index (χ2v) is 8.03. The topological polar surface area (TPSA) is 50.4 Å². The van der Waals surface area contributed by atoms with Gasteiger partial charge in [-0.2, -0.15) is 0 Å². The molecule has 0 aliphatic rings. The van der Waals surface area contributed by atoms with E-state index < -0.39 is 0 Å². The summed E-state index contributed by atoms with van der Waals surface area (Å²) in [7, 11) is 0. The fraction of sp³-hybridized carbons (Fsp3) is 0.0625. The van der Waals surface area contributed by atoms with Crippen LogP contribution in [-0.4, -0.2) is 10.9 Å². The molecule has 22 heavy (non-hydrogen) atoms. The molecule has 0 bridgehead atoms. The smallest absolute Gasteiger partial charge is 0.197 e. The lowest BCUT2D eigenvalue weighted by Crippen LogP contribution is -2.03. The SMILES string of the molecule is Cc1oc2cc(Br)ccc2c1C(=O)c1cc(I)c(O)c(I)c1. The van der Waals surface area contributed by atoms with Crippen LogP contribution in [0.2, 0.25) is 0 Å². The van der Waals surface area contributed by atoms with Gasteiger partial charge in [-0.1, -0.05) is 15.9 Å². The Bertz CT molecular complexity index is 892. The van der Waals surface area contributed by atoms with Crippen LogP contribution in [0.25, 0.3) is 11.0 Å². The average Bonchev–Trinajstić information content (AvgIpc) is 2.78. The maximum absolute atomic E-state index is 12.9. The van der Waals surface area contributed by atoms with Crippen molar-refractivity contribution in [3.05, 3.63) is 58.8 Å². The number of furan rings is 1. The van der Waals surface area contributed by atoms with Gasteiger partial charge in [0.25, 0.3) is 0 Å². The Morgan fingerprint density at radius 2 is 1.82 bits per heavy atom. The number of hydrogen-bond acceptors (Lipinski definition) is 3. The van der Waals surface area contributed by atoms with Crippen molar-refractivity contribution in [1.82, 2.24) is 0 Å². The van der Waals surface area contributed by atoms with Gasteiger partial charge in [0.15, 0.2) is 5.78 Å². The van der Waals surface area contributed by atoms with E-state index in [4.69, 9.17) is 4.42 Å². The Hall–Kier alpha value is -0.610. The van der Waals surface area contributed by atoms with Crippen LogP contribution in [0.3, 0.4) is 0 Å². The summed E-state index contributed by atoms with van der Waals surface area (Å²) in [6, 6.07) is 9.00. The van der Waals surface area contributed by atoms with Gasteiger partial charge in [0.1, 0.15) is 17.1 Å². The molecule has 0 saturated heterocycles. The van der Waals surface area contributed by atoms with E-state index in [1.165, 1.54) is 0 Å². The zero-order chi connectivity index (χ0) is 16.0. The van der Waals surface area contributed by atoms with Crippen molar-refractivity contribution >= 4 is 77.9 Å². The number of aryl methyl sites for hydroxylation is 1. The van der Waals surface area contributed by atoms with Crippen LogP contribution < -0.4 is 0 Å². The van der Waals surface area contributed by atoms with Gasteiger partial charge in [0.05, 0.1) is 12.7 Å². The average molecular weight is 583 g/mol. The highest BCUT2D eigenvalue weighted by atomic mass is 127. The molecule has 3 nitrogen and oxygen atoms in total. The van der Waals surface area contributed by atoms with E-state index in [9.17, 15) is 9.90 Å². The Labute approximate surface area is 162 Å². The predicted octanol–water partition coefficient (Wildman–Crippen LogP) is 5.65. The third-order valence-corrected chi connectivity index (χ3v) is 5.47. The zero-order valence-electron chi connectivity index (χ0n) is 11.3. The summed E-state index contributed by atoms with van der Waals surface area (Å²) in [4.78, 5) is 12.9. The third-order valence-electron chi connectivity index (χ3n) is 3.33. The molecule has 0 aliphatic heterocycles. The Balaban J connectivity index is 2.19. The lowest BCUT2D eigenvalue weighted by molar-refractivity contribution is 0.103. The summed E-state index contributed by atoms with van der Waals surface area (Å²) in [6.07, 6.45) is 0. The second-order valence-electron chi connectivity index (χ2n) is 4.79. The zero-order valence-corrected chi connectivity index (χ0v) is 17.2. The van der Waals surface area contributed by atoms with Gasteiger partial charge in [-0.05, 0) is 82.4 Å². The first-order valence-electron chi connectivity index (χ1n) is 6.30. The molecule has 0 aliphatic carbocycles. The van der Waals surface area contributed by atoms with Gasteiger partial charge >= 0.3 is 0 Å². The van der Waals surface area contributed by atoms with Crippen LogP contribution in [-0.2, 0) is 0 Å². The van der Waals surface area contributed by atoms with Crippen LogP contribution in [0, 0.1) is 14.1 Å². The van der Waals surface area contributed by atoms with Gasteiger partial charge in [-0.3, -0.25) is 4.79 Å². The highest BCUT2D eigenvalue weighted by Gasteiger charge is 2.21. The van der Waals surface area contributed by atoms with Crippen LogP contribution in [0.1, 0.15) is 21.7 Å². The molecule has 6 heteroatoms. The lowest BCUT2D eigenvalue weighted by atomic mass is 10.0. The van der Waals surface area contributed by atoms with Gasteiger partial charge in [-0.25, -0.2) is 0 Å². The number of carbonyl (C=O) groups excluding carboxylic acids is 1. The first kappa shape index (κ1) is 16.3. The molecular formula is C16H9BrI2O3. The number of phenolic OH excluding ortho intramolecular Hbond substituents is 1. The number of ketones is 1. The van der Waals surface area contributed by atoms with Gasteiger partial charge in [-0.15, -0.1) is 0 Å². The number of carbonyl (C=O) groups is 1. The summed E-state index contributed by atoms with van der Waals surface area (Å²) in [5.74, 6) is 0.695. The van der Waals surface area contributed by atoms with Crippen molar-refractivity contribution in [2.45, 2.75) is 6.92 Å². The van der Waals surface area contributed by atoms with Crippen LogP contribution in [0.15, 0.2) is 39.2 Å². The van der Waals surface area contributed by atoms with Crippen molar-refractivity contribution in [3.8, 4) is 5.75 Å². The van der Waals surface area contributed by atoms with Gasteiger partial charge < -0.3 is 9.52 Å². The van der Waals surface area contributed by atoms with Crippen molar-refractivity contribution in [1.29, 1.82) is 0 Å². The van der Waals surface area contributed by atoms with Gasteiger partial charge in [0, 0.05) is 15.4 Å². The number of rotatable bonds is 2. The van der Waals surface area contributed by atoms with Crippen molar-refractivity contribution in [2.75, 3.05) is 0 Å². The van der Waals surface area contributed by atoms with E-state index in [0.29, 0.717) is 29.6 Å². The Morgan fingerprint density at radius 3 is 2.45 bits per heavy atom. The molecule has 0 amide bonds.